The van der Waals surface area contributed by atoms with E-state index in [9.17, 15) is 20.0 Å². The molecule has 0 radical (unpaired) electrons. The summed E-state index contributed by atoms with van der Waals surface area (Å²) >= 11 is 0. The maximum absolute atomic E-state index is 11.3. The lowest BCUT2D eigenvalue weighted by Crippen LogP contribution is -2.02. The number of pyridine rings is 1. The average molecular weight is 274 g/mol. The molecular weight excluding hydrogens is 264 g/mol. The normalized spacial score (nSPS) is 10.1. The summed E-state index contributed by atoms with van der Waals surface area (Å²) in [5.74, 6) is -1.00. The summed E-state index contributed by atoms with van der Waals surface area (Å²) < 4.78 is 5.07. The van der Waals surface area contributed by atoms with Gasteiger partial charge in [-0.2, -0.15) is 0 Å². The molecule has 0 spiro atoms. The minimum atomic E-state index is -1.25. The molecule has 1 heterocycles. The molecule has 1 N–H and O–H groups in total. The Morgan fingerprint density at radius 3 is 2.70 bits per heavy atom. The van der Waals surface area contributed by atoms with Crippen LogP contribution >= 0.6 is 0 Å². The molecule has 0 aliphatic heterocycles. The monoisotopic (exact) mass is 274 g/mol. The zero-order chi connectivity index (χ0) is 14.7. The lowest BCUT2D eigenvalue weighted by molar-refractivity contribution is -0.384. The number of nitro benzene ring substituents is 1. The van der Waals surface area contributed by atoms with Crippen molar-refractivity contribution in [2.75, 3.05) is 7.11 Å². The van der Waals surface area contributed by atoms with Crippen LogP contribution in [0.15, 0.2) is 36.5 Å². The van der Waals surface area contributed by atoms with Crippen molar-refractivity contribution in [2.45, 2.75) is 0 Å². The van der Waals surface area contributed by atoms with Gasteiger partial charge in [-0.05, 0) is 18.2 Å². The summed E-state index contributed by atoms with van der Waals surface area (Å²) in [7, 11) is 1.41. The van der Waals surface area contributed by atoms with Gasteiger partial charge in [0.25, 0.3) is 5.69 Å². The van der Waals surface area contributed by atoms with Crippen molar-refractivity contribution in [2.24, 2.45) is 0 Å². The molecule has 1 aromatic carbocycles. The summed E-state index contributed by atoms with van der Waals surface area (Å²) in [5.41, 5.74) is 0.315. The first kappa shape index (κ1) is 13.5. The first-order valence-corrected chi connectivity index (χ1v) is 5.55. The molecule has 7 nitrogen and oxygen atoms in total. The number of ether oxygens (including phenoxy) is 1. The molecule has 0 aliphatic carbocycles. The Hall–Kier alpha value is -2.96. The van der Waals surface area contributed by atoms with E-state index in [2.05, 4.69) is 4.98 Å². The van der Waals surface area contributed by atoms with Gasteiger partial charge in [-0.1, -0.05) is 0 Å². The van der Waals surface area contributed by atoms with Crippen LogP contribution in [-0.2, 0) is 0 Å². The van der Waals surface area contributed by atoms with Gasteiger partial charge in [-0.25, -0.2) is 9.78 Å². The third-order valence-electron chi connectivity index (χ3n) is 2.70. The van der Waals surface area contributed by atoms with Crippen molar-refractivity contribution in [3.05, 3.63) is 52.2 Å². The van der Waals surface area contributed by atoms with E-state index < -0.39 is 10.9 Å². The number of rotatable bonds is 4. The Kier molecular flexibility index (Phi) is 3.60. The van der Waals surface area contributed by atoms with Crippen molar-refractivity contribution in [3.63, 3.8) is 0 Å². The summed E-state index contributed by atoms with van der Waals surface area (Å²) in [6.07, 6.45) is 1.51. The number of methoxy groups -OCH3 is 1. The Morgan fingerprint density at radius 1 is 1.35 bits per heavy atom. The minimum Gasteiger partial charge on any atom is -0.481 e. The first-order chi connectivity index (χ1) is 9.54. The molecule has 0 bridgehead atoms. The van der Waals surface area contributed by atoms with Gasteiger partial charge in [-0.15, -0.1) is 0 Å². The molecule has 102 valence electrons. The van der Waals surface area contributed by atoms with Crippen molar-refractivity contribution in [1.82, 2.24) is 4.98 Å². The van der Waals surface area contributed by atoms with E-state index in [4.69, 9.17) is 4.74 Å². The van der Waals surface area contributed by atoms with Gasteiger partial charge in [0.05, 0.1) is 17.6 Å². The summed E-state index contributed by atoms with van der Waals surface area (Å²) in [6, 6.07) is 6.91. The van der Waals surface area contributed by atoms with Crippen LogP contribution in [-0.4, -0.2) is 28.1 Å². The SMILES string of the molecule is COc1ncccc1-c1ccc([N+](=O)[O-])cc1C(=O)O. The Labute approximate surface area is 113 Å². The minimum absolute atomic E-state index is 0.175. The number of carboxylic acid groups (broad SMARTS) is 1. The van der Waals surface area contributed by atoms with Crippen LogP contribution in [0.25, 0.3) is 11.1 Å². The fourth-order valence-electron chi connectivity index (χ4n) is 1.82. The number of aromatic nitrogens is 1. The van der Waals surface area contributed by atoms with Crippen LogP contribution in [0.2, 0.25) is 0 Å². The van der Waals surface area contributed by atoms with E-state index in [1.165, 1.54) is 25.4 Å². The van der Waals surface area contributed by atoms with Crippen molar-refractivity contribution < 1.29 is 19.6 Å². The molecule has 2 rings (SSSR count). The number of nitro groups is 1. The Bertz CT molecular complexity index is 684. The number of carboxylic acids is 1. The highest BCUT2D eigenvalue weighted by molar-refractivity contribution is 5.97. The third kappa shape index (κ3) is 2.41. The highest BCUT2D eigenvalue weighted by atomic mass is 16.6. The summed E-state index contributed by atoms with van der Waals surface area (Å²) in [6.45, 7) is 0. The van der Waals surface area contributed by atoms with Gasteiger partial charge in [0.2, 0.25) is 5.88 Å². The van der Waals surface area contributed by atoms with E-state index in [0.717, 1.165) is 6.07 Å². The molecule has 0 fully saturated rings. The number of benzene rings is 1. The average Bonchev–Trinajstić information content (AvgIpc) is 2.46. The molecule has 0 amide bonds. The standard InChI is InChI=1S/C13H10N2O5/c1-20-12-10(3-2-6-14-12)9-5-4-8(15(18)19)7-11(9)13(16)17/h2-7H,1H3,(H,16,17). The van der Waals surface area contributed by atoms with Crippen LogP contribution in [0.1, 0.15) is 10.4 Å². The predicted molar refractivity (Wildman–Crippen MR) is 69.8 cm³/mol. The zero-order valence-electron chi connectivity index (χ0n) is 10.4. The van der Waals surface area contributed by atoms with Gasteiger partial charge in [0.1, 0.15) is 0 Å². The van der Waals surface area contributed by atoms with Gasteiger partial charge in [0, 0.05) is 29.5 Å². The highest BCUT2D eigenvalue weighted by Crippen LogP contribution is 2.32. The van der Waals surface area contributed by atoms with Crippen LogP contribution in [0.5, 0.6) is 5.88 Å². The molecule has 0 atom stereocenters. The fraction of sp³-hybridized carbons (Fsp3) is 0.0769. The van der Waals surface area contributed by atoms with E-state index >= 15 is 0 Å². The molecule has 7 heteroatoms. The number of aromatic carboxylic acids is 1. The zero-order valence-corrected chi connectivity index (χ0v) is 10.4. The number of hydrogen-bond acceptors (Lipinski definition) is 5. The second-order valence-electron chi connectivity index (χ2n) is 3.85. The van der Waals surface area contributed by atoms with Crippen molar-refractivity contribution >= 4 is 11.7 Å². The Balaban J connectivity index is 2.67. The van der Waals surface area contributed by atoms with Gasteiger partial charge in [-0.3, -0.25) is 10.1 Å². The van der Waals surface area contributed by atoms with Gasteiger partial charge < -0.3 is 9.84 Å². The maximum Gasteiger partial charge on any atom is 0.336 e. The maximum atomic E-state index is 11.3. The number of carbonyl (C=O) groups is 1. The first-order valence-electron chi connectivity index (χ1n) is 5.55. The largest absolute Gasteiger partial charge is 0.481 e. The summed E-state index contributed by atoms with van der Waals surface area (Å²) in [4.78, 5) is 25.3. The molecule has 0 unspecified atom stereocenters. The molecular formula is C13H10N2O5. The quantitative estimate of drug-likeness (QED) is 0.678. The lowest BCUT2D eigenvalue weighted by atomic mass is 10.00. The molecule has 0 aliphatic rings. The predicted octanol–water partition coefficient (Wildman–Crippen LogP) is 2.36. The summed E-state index contributed by atoms with van der Waals surface area (Å²) in [5, 5.41) is 19.9. The second-order valence-corrected chi connectivity index (χ2v) is 3.85. The molecule has 1 aromatic heterocycles. The molecule has 2 aromatic rings. The highest BCUT2D eigenvalue weighted by Gasteiger charge is 2.19. The molecule has 20 heavy (non-hydrogen) atoms. The van der Waals surface area contributed by atoms with Crippen LogP contribution < -0.4 is 4.74 Å². The van der Waals surface area contributed by atoms with E-state index in [0.29, 0.717) is 11.1 Å². The topological polar surface area (TPSA) is 103 Å². The fourth-order valence-corrected chi connectivity index (χ4v) is 1.82. The molecule has 0 saturated carbocycles. The van der Waals surface area contributed by atoms with E-state index in [1.54, 1.807) is 12.1 Å². The van der Waals surface area contributed by atoms with Crippen LogP contribution in [0.4, 0.5) is 5.69 Å². The van der Waals surface area contributed by atoms with Crippen molar-refractivity contribution in [3.8, 4) is 17.0 Å². The number of nitrogens with zero attached hydrogens (tertiary/aromatic N) is 2. The van der Waals surface area contributed by atoms with Gasteiger partial charge in [0.15, 0.2) is 0 Å². The Morgan fingerprint density at radius 2 is 2.10 bits per heavy atom. The van der Waals surface area contributed by atoms with E-state index in [1.807, 2.05) is 0 Å². The number of non-ortho nitro benzene ring substituents is 1. The third-order valence-corrected chi connectivity index (χ3v) is 2.70. The van der Waals surface area contributed by atoms with Crippen molar-refractivity contribution in [1.29, 1.82) is 0 Å². The number of hydrogen-bond donors (Lipinski definition) is 1. The lowest BCUT2D eigenvalue weighted by Gasteiger charge is -2.09. The smallest absolute Gasteiger partial charge is 0.336 e. The van der Waals surface area contributed by atoms with E-state index in [-0.39, 0.29) is 17.1 Å². The second kappa shape index (κ2) is 5.35. The van der Waals surface area contributed by atoms with Crippen LogP contribution in [0, 0.1) is 10.1 Å². The van der Waals surface area contributed by atoms with Crippen LogP contribution in [0.3, 0.4) is 0 Å². The van der Waals surface area contributed by atoms with Gasteiger partial charge >= 0.3 is 5.97 Å². The molecule has 0 saturated heterocycles.